The molecule has 1 saturated carbocycles. The molecular weight excluding hydrogens is 240 g/mol. The summed E-state index contributed by atoms with van der Waals surface area (Å²) in [6.07, 6.45) is 7.63. The van der Waals surface area contributed by atoms with E-state index in [4.69, 9.17) is 0 Å². The Kier molecular flexibility index (Phi) is 3.21. The molecule has 2 fully saturated rings. The lowest BCUT2D eigenvalue weighted by Gasteiger charge is -2.24. The van der Waals surface area contributed by atoms with Crippen molar-refractivity contribution < 1.29 is 4.79 Å². The molecule has 1 aliphatic carbocycles. The molecule has 2 heterocycles. The molecule has 2 aliphatic rings. The van der Waals surface area contributed by atoms with Gasteiger partial charge in [0.2, 0.25) is 0 Å². The number of fused-ring (bicyclic) bond motifs is 1. The summed E-state index contributed by atoms with van der Waals surface area (Å²) in [5.41, 5.74) is 1.81. The summed E-state index contributed by atoms with van der Waals surface area (Å²) in [5.74, 6) is 0.741. The van der Waals surface area contributed by atoms with E-state index in [2.05, 4.69) is 17.3 Å². The molecule has 104 valence electrons. The fraction of sp³-hybridized carbons (Fsp3) is 0.714. The molecule has 5 heteroatoms. The zero-order chi connectivity index (χ0) is 13.4. The van der Waals surface area contributed by atoms with Crippen LogP contribution < -0.4 is 5.32 Å². The molecule has 1 aromatic heterocycles. The van der Waals surface area contributed by atoms with Crippen LogP contribution in [0.3, 0.4) is 0 Å². The lowest BCUT2D eigenvalue weighted by molar-refractivity contribution is 0.203. The number of carbonyl (C=O) groups is 1. The fourth-order valence-electron chi connectivity index (χ4n) is 3.57. The molecule has 0 bridgehead atoms. The molecule has 2 atom stereocenters. The number of carbonyl (C=O) groups excluding carboxylic acids is 1. The molecule has 1 aromatic rings. The first-order valence-electron chi connectivity index (χ1n) is 7.29. The summed E-state index contributed by atoms with van der Waals surface area (Å²) in [7, 11) is 1.89. The second-order valence-electron chi connectivity index (χ2n) is 5.69. The highest BCUT2D eigenvalue weighted by Gasteiger charge is 2.39. The number of urea groups is 1. The molecule has 5 nitrogen and oxygen atoms in total. The third kappa shape index (κ3) is 2.22. The Bertz CT molecular complexity index is 482. The van der Waals surface area contributed by atoms with Crippen molar-refractivity contribution >= 4 is 11.7 Å². The Balaban J connectivity index is 1.71. The molecule has 1 saturated heterocycles. The number of amides is 2. The van der Waals surface area contributed by atoms with Crippen LogP contribution in [0.4, 0.5) is 10.5 Å². The molecule has 1 N–H and O–H groups in total. The molecule has 0 spiro atoms. The number of aryl methyl sites for hydroxylation is 2. The minimum Gasteiger partial charge on any atom is -0.321 e. The second-order valence-corrected chi connectivity index (χ2v) is 5.69. The number of hydrogen-bond donors (Lipinski definition) is 1. The topological polar surface area (TPSA) is 50.2 Å². The van der Waals surface area contributed by atoms with E-state index >= 15 is 0 Å². The highest BCUT2D eigenvalue weighted by Crippen LogP contribution is 2.37. The number of aromatic nitrogens is 2. The molecule has 19 heavy (non-hydrogen) atoms. The van der Waals surface area contributed by atoms with Crippen molar-refractivity contribution in [1.82, 2.24) is 14.7 Å². The van der Waals surface area contributed by atoms with E-state index < -0.39 is 0 Å². The molecule has 2 unspecified atom stereocenters. The van der Waals surface area contributed by atoms with Crippen molar-refractivity contribution in [3.05, 3.63) is 11.9 Å². The van der Waals surface area contributed by atoms with Gasteiger partial charge in [0.25, 0.3) is 0 Å². The quantitative estimate of drug-likeness (QED) is 0.889. The summed E-state index contributed by atoms with van der Waals surface area (Å²) in [6.45, 7) is 2.96. The van der Waals surface area contributed by atoms with E-state index in [0.29, 0.717) is 6.04 Å². The molecule has 0 aromatic carbocycles. The van der Waals surface area contributed by atoms with Crippen LogP contribution in [-0.4, -0.2) is 33.3 Å². The molecule has 0 radical (unpaired) electrons. The number of anilines is 1. The Hall–Kier alpha value is -1.52. The van der Waals surface area contributed by atoms with Gasteiger partial charge < -0.3 is 10.2 Å². The van der Waals surface area contributed by atoms with E-state index in [1.807, 2.05) is 18.1 Å². The van der Waals surface area contributed by atoms with Crippen LogP contribution in [0.1, 0.15) is 38.3 Å². The maximum Gasteiger partial charge on any atom is 0.322 e. The summed E-state index contributed by atoms with van der Waals surface area (Å²) in [5, 5.41) is 7.40. The SMILES string of the molecule is CCc1nn(C)cc1NC(=O)N1CCC2CCCC21. The van der Waals surface area contributed by atoms with Crippen molar-refractivity contribution in [2.75, 3.05) is 11.9 Å². The van der Waals surface area contributed by atoms with Gasteiger partial charge >= 0.3 is 6.03 Å². The fourth-order valence-corrected chi connectivity index (χ4v) is 3.57. The van der Waals surface area contributed by atoms with Crippen LogP contribution >= 0.6 is 0 Å². The molecule has 2 amide bonds. The number of nitrogens with zero attached hydrogens (tertiary/aromatic N) is 3. The first-order valence-corrected chi connectivity index (χ1v) is 7.29. The van der Waals surface area contributed by atoms with Crippen molar-refractivity contribution in [2.24, 2.45) is 13.0 Å². The van der Waals surface area contributed by atoms with Gasteiger partial charge in [0.1, 0.15) is 0 Å². The van der Waals surface area contributed by atoms with E-state index in [9.17, 15) is 4.79 Å². The standard InChI is InChI=1S/C14H22N4O/c1-3-11-12(9-17(2)16-11)15-14(19)18-8-7-10-5-4-6-13(10)18/h9-10,13H,3-8H2,1-2H3,(H,15,19). The van der Waals surface area contributed by atoms with Gasteiger partial charge in [-0.2, -0.15) is 5.10 Å². The lowest BCUT2D eigenvalue weighted by Crippen LogP contribution is -2.39. The maximum atomic E-state index is 12.4. The largest absolute Gasteiger partial charge is 0.322 e. The number of likely N-dealkylation sites (tertiary alicyclic amines) is 1. The Morgan fingerprint density at radius 1 is 1.47 bits per heavy atom. The Labute approximate surface area is 114 Å². The monoisotopic (exact) mass is 262 g/mol. The zero-order valence-electron chi connectivity index (χ0n) is 11.7. The van der Waals surface area contributed by atoms with Gasteiger partial charge in [-0.1, -0.05) is 13.3 Å². The Morgan fingerprint density at radius 2 is 2.32 bits per heavy atom. The van der Waals surface area contributed by atoms with Gasteiger partial charge in [-0.05, 0) is 31.6 Å². The Morgan fingerprint density at radius 3 is 3.11 bits per heavy atom. The molecule has 1 aliphatic heterocycles. The van der Waals surface area contributed by atoms with Gasteiger partial charge in [0, 0.05) is 25.8 Å². The highest BCUT2D eigenvalue weighted by molar-refractivity contribution is 5.90. The van der Waals surface area contributed by atoms with Crippen LogP contribution in [0.25, 0.3) is 0 Å². The van der Waals surface area contributed by atoms with Crippen LogP contribution in [0.5, 0.6) is 0 Å². The van der Waals surface area contributed by atoms with Crippen LogP contribution in [-0.2, 0) is 13.5 Å². The summed E-state index contributed by atoms with van der Waals surface area (Å²) >= 11 is 0. The average molecular weight is 262 g/mol. The van der Waals surface area contributed by atoms with Crippen molar-refractivity contribution in [3.8, 4) is 0 Å². The smallest absolute Gasteiger partial charge is 0.321 e. The number of rotatable bonds is 2. The summed E-state index contributed by atoms with van der Waals surface area (Å²) < 4.78 is 1.76. The maximum absolute atomic E-state index is 12.4. The second kappa shape index (κ2) is 4.87. The van der Waals surface area contributed by atoms with Crippen molar-refractivity contribution in [3.63, 3.8) is 0 Å². The first-order chi connectivity index (χ1) is 9.19. The van der Waals surface area contributed by atoms with Gasteiger partial charge in [-0.15, -0.1) is 0 Å². The minimum atomic E-state index is 0.0529. The van der Waals surface area contributed by atoms with Gasteiger partial charge in [0.05, 0.1) is 11.4 Å². The van der Waals surface area contributed by atoms with E-state index in [-0.39, 0.29) is 6.03 Å². The highest BCUT2D eigenvalue weighted by atomic mass is 16.2. The summed E-state index contributed by atoms with van der Waals surface area (Å²) in [6, 6.07) is 0.527. The predicted octanol–water partition coefficient (Wildman–Crippen LogP) is 2.39. The lowest BCUT2D eigenvalue weighted by atomic mass is 10.1. The van der Waals surface area contributed by atoms with Crippen LogP contribution in [0.2, 0.25) is 0 Å². The van der Waals surface area contributed by atoms with Crippen molar-refractivity contribution in [1.29, 1.82) is 0 Å². The van der Waals surface area contributed by atoms with Crippen LogP contribution in [0.15, 0.2) is 6.20 Å². The summed E-state index contributed by atoms with van der Waals surface area (Å²) in [4.78, 5) is 14.4. The van der Waals surface area contributed by atoms with E-state index in [1.54, 1.807) is 4.68 Å². The predicted molar refractivity (Wildman–Crippen MR) is 74.1 cm³/mol. The van der Waals surface area contributed by atoms with Crippen LogP contribution in [0, 0.1) is 5.92 Å². The average Bonchev–Trinajstić information content (AvgIpc) is 3.03. The minimum absolute atomic E-state index is 0.0529. The van der Waals surface area contributed by atoms with Crippen molar-refractivity contribution in [2.45, 2.75) is 45.1 Å². The molecule has 3 rings (SSSR count). The first kappa shape index (κ1) is 12.5. The third-order valence-electron chi connectivity index (χ3n) is 4.50. The molecular formula is C14H22N4O. The number of hydrogen-bond acceptors (Lipinski definition) is 2. The van der Waals surface area contributed by atoms with Gasteiger partial charge in [0.15, 0.2) is 0 Å². The van der Waals surface area contributed by atoms with Gasteiger partial charge in [-0.25, -0.2) is 4.79 Å². The third-order valence-corrected chi connectivity index (χ3v) is 4.50. The van der Waals surface area contributed by atoms with E-state index in [0.717, 1.165) is 30.3 Å². The zero-order valence-corrected chi connectivity index (χ0v) is 11.7. The van der Waals surface area contributed by atoms with E-state index in [1.165, 1.54) is 25.7 Å². The van der Waals surface area contributed by atoms with Gasteiger partial charge in [-0.3, -0.25) is 4.68 Å². The normalized spacial score (nSPS) is 25.7. The number of nitrogens with one attached hydrogen (secondary N) is 1.